The molecule has 4 nitrogen and oxygen atoms in total. The largest absolute Gasteiger partial charge is 0.416 e. The normalized spacial score (nSPS) is 11.6. The first-order chi connectivity index (χ1) is 10.7. The van der Waals surface area contributed by atoms with Gasteiger partial charge in [-0.1, -0.05) is 17.3 Å². The minimum absolute atomic E-state index is 0.0333. The van der Waals surface area contributed by atoms with Crippen LogP contribution in [-0.2, 0) is 23.9 Å². The molecule has 1 aromatic carbocycles. The Bertz CT molecular complexity index is 701. The van der Waals surface area contributed by atoms with Crippen LogP contribution in [0.2, 0.25) is 0 Å². The molecule has 124 valence electrons. The molecule has 23 heavy (non-hydrogen) atoms. The van der Waals surface area contributed by atoms with Gasteiger partial charge in [0, 0.05) is 12.1 Å². The van der Waals surface area contributed by atoms with Crippen LogP contribution in [0.15, 0.2) is 22.7 Å². The average molecular weight is 326 g/mol. The molecule has 0 saturated carbocycles. The Kier molecular flexibility index (Phi) is 4.77. The van der Waals surface area contributed by atoms with Gasteiger partial charge in [0.05, 0.1) is 17.7 Å². The summed E-state index contributed by atoms with van der Waals surface area (Å²) in [6.45, 7) is 4.88. The van der Waals surface area contributed by atoms with Crippen molar-refractivity contribution in [3.8, 4) is 0 Å². The molecule has 0 aliphatic rings. The average Bonchev–Trinajstić information content (AvgIpc) is 2.77. The Balaban J connectivity index is 2.02. The number of hydrogen-bond donors (Lipinski definition) is 1. The molecule has 7 heteroatoms. The molecule has 1 aromatic heterocycles. The highest BCUT2D eigenvalue weighted by atomic mass is 19.4. The van der Waals surface area contributed by atoms with Gasteiger partial charge in [0.1, 0.15) is 5.76 Å². The number of benzene rings is 1. The first-order valence-electron chi connectivity index (χ1n) is 7.03. The number of nitrogens with one attached hydrogen (secondary N) is 1. The molecule has 0 aliphatic carbocycles. The maximum absolute atomic E-state index is 12.9. The Morgan fingerprint density at radius 1 is 1.26 bits per heavy atom. The lowest BCUT2D eigenvalue weighted by Gasteiger charge is -2.12. The fourth-order valence-corrected chi connectivity index (χ4v) is 2.26. The van der Waals surface area contributed by atoms with E-state index in [0.29, 0.717) is 22.6 Å². The van der Waals surface area contributed by atoms with E-state index >= 15 is 0 Å². The van der Waals surface area contributed by atoms with Crippen LogP contribution in [0.1, 0.15) is 33.7 Å². The molecule has 0 spiro atoms. The van der Waals surface area contributed by atoms with Gasteiger partial charge in [0.15, 0.2) is 0 Å². The second-order valence-electron chi connectivity index (χ2n) is 5.40. The maximum atomic E-state index is 12.9. The SMILES string of the molecule is Cc1ccc(CNC(=O)Cc2c(C)noc2C)cc1C(F)(F)F. The number of aromatic nitrogens is 1. The van der Waals surface area contributed by atoms with Gasteiger partial charge in [-0.2, -0.15) is 13.2 Å². The second kappa shape index (κ2) is 6.44. The molecule has 1 heterocycles. The zero-order valence-electron chi connectivity index (χ0n) is 13.0. The van der Waals surface area contributed by atoms with Crippen molar-refractivity contribution in [1.29, 1.82) is 0 Å². The van der Waals surface area contributed by atoms with E-state index in [1.54, 1.807) is 19.9 Å². The van der Waals surface area contributed by atoms with Crippen molar-refractivity contribution in [2.24, 2.45) is 0 Å². The van der Waals surface area contributed by atoms with E-state index in [1.807, 2.05) is 0 Å². The molecule has 1 N–H and O–H groups in total. The van der Waals surface area contributed by atoms with Crippen molar-refractivity contribution < 1.29 is 22.5 Å². The van der Waals surface area contributed by atoms with Gasteiger partial charge in [-0.05, 0) is 38.0 Å². The predicted molar refractivity (Wildman–Crippen MR) is 77.7 cm³/mol. The van der Waals surface area contributed by atoms with Crippen LogP contribution in [0, 0.1) is 20.8 Å². The van der Waals surface area contributed by atoms with Crippen LogP contribution >= 0.6 is 0 Å². The third-order valence-corrected chi connectivity index (χ3v) is 3.62. The summed E-state index contributed by atoms with van der Waals surface area (Å²) in [5.41, 5.74) is 1.20. The van der Waals surface area contributed by atoms with E-state index in [9.17, 15) is 18.0 Å². The highest BCUT2D eigenvalue weighted by Gasteiger charge is 2.32. The maximum Gasteiger partial charge on any atom is 0.416 e. The van der Waals surface area contributed by atoms with Gasteiger partial charge in [-0.3, -0.25) is 4.79 Å². The molecule has 0 unspecified atom stereocenters. The number of alkyl halides is 3. The highest BCUT2D eigenvalue weighted by Crippen LogP contribution is 2.32. The van der Waals surface area contributed by atoms with Gasteiger partial charge >= 0.3 is 6.18 Å². The molecular weight excluding hydrogens is 309 g/mol. The van der Waals surface area contributed by atoms with Crippen LogP contribution < -0.4 is 5.32 Å². The molecule has 1 amide bonds. The van der Waals surface area contributed by atoms with Crippen LogP contribution in [0.25, 0.3) is 0 Å². The quantitative estimate of drug-likeness (QED) is 0.936. The van der Waals surface area contributed by atoms with Crippen LogP contribution in [0.5, 0.6) is 0 Å². The summed E-state index contributed by atoms with van der Waals surface area (Å²) >= 11 is 0. The summed E-state index contributed by atoms with van der Waals surface area (Å²) in [4.78, 5) is 11.9. The fraction of sp³-hybridized carbons (Fsp3) is 0.375. The van der Waals surface area contributed by atoms with Crippen LogP contribution in [0.4, 0.5) is 13.2 Å². The number of hydrogen-bond acceptors (Lipinski definition) is 3. The predicted octanol–water partition coefficient (Wildman–Crippen LogP) is 3.48. The second-order valence-corrected chi connectivity index (χ2v) is 5.40. The standard InChI is InChI=1S/C16H17F3N2O2/c1-9-4-5-12(6-14(9)16(17,18)19)8-20-15(22)7-13-10(2)21-23-11(13)3/h4-6H,7-8H2,1-3H3,(H,20,22). The zero-order valence-corrected chi connectivity index (χ0v) is 13.0. The van der Waals surface area contributed by atoms with Crippen molar-refractivity contribution in [2.45, 2.75) is 39.9 Å². The van der Waals surface area contributed by atoms with E-state index in [0.717, 1.165) is 6.07 Å². The molecule has 0 bridgehead atoms. The lowest BCUT2D eigenvalue weighted by Crippen LogP contribution is -2.25. The Morgan fingerprint density at radius 3 is 2.52 bits per heavy atom. The van der Waals surface area contributed by atoms with Crippen molar-refractivity contribution in [2.75, 3.05) is 0 Å². The Morgan fingerprint density at radius 2 is 1.96 bits per heavy atom. The number of carbonyl (C=O) groups excluding carboxylic acids is 1. The van der Waals surface area contributed by atoms with E-state index in [1.165, 1.54) is 13.0 Å². The molecule has 0 radical (unpaired) electrons. The van der Waals surface area contributed by atoms with Gasteiger partial charge in [-0.25, -0.2) is 0 Å². The molecule has 0 saturated heterocycles. The first-order valence-corrected chi connectivity index (χ1v) is 7.03. The summed E-state index contributed by atoms with van der Waals surface area (Å²) in [5, 5.41) is 6.37. The van der Waals surface area contributed by atoms with E-state index in [4.69, 9.17) is 4.52 Å². The molecule has 0 fully saturated rings. The third kappa shape index (κ3) is 4.12. The summed E-state index contributed by atoms with van der Waals surface area (Å²) in [6.07, 6.45) is -4.32. The monoisotopic (exact) mass is 326 g/mol. The number of rotatable bonds is 4. The van der Waals surface area contributed by atoms with Crippen LogP contribution in [-0.4, -0.2) is 11.1 Å². The molecule has 2 rings (SSSR count). The third-order valence-electron chi connectivity index (χ3n) is 3.62. The van der Waals surface area contributed by atoms with Crippen LogP contribution in [0.3, 0.4) is 0 Å². The lowest BCUT2D eigenvalue weighted by atomic mass is 10.0. The topological polar surface area (TPSA) is 55.1 Å². The Hall–Kier alpha value is -2.31. The summed E-state index contributed by atoms with van der Waals surface area (Å²) < 4.78 is 43.6. The first kappa shape index (κ1) is 17.1. The number of halogens is 3. The summed E-state index contributed by atoms with van der Waals surface area (Å²) in [5.74, 6) is 0.265. The Labute approximate surface area is 131 Å². The minimum atomic E-state index is -4.40. The van der Waals surface area contributed by atoms with Gasteiger partial charge < -0.3 is 9.84 Å². The number of amides is 1. The summed E-state index contributed by atoms with van der Waals surface area (Å²) in [6, 6.07) is 4.03. The molecule has 2 aromatic rings. The molecular formula is C16H17F3N2O2. The minimum Gasteiger partial charge on any atom is -0.361 e. The summed E-state index contributed by atoms with van der Waals surface area (Å²) in [7, 11) is 0. The van der Waals surface area contributed by atoms with Crippen molar-refractivity contribution in [3.05, 3.63) is 51.9 Å². The van der Waals surface area contributed by atoms with Gasteiger partial charge in [0.2, 0.25) is 5.91 Å². The molecule has 0 aliphatic heterocycles. The molecule has 0 atom stereocenters. The fourth-order valence-electron chi connectivity index (χ4n) is 2.26. The van der Waals surface area contributed by atoms with Gasteiger partial charge in [0.25, 0.3) is 0 Å². The zero-order chi connectivity index (χ0) is 17.2. The van der Waals surface area contributed by atoms with E-state index < -0.39 is 11.7 Å². The van der Waals surface area contributed by atoms with E-state index in [-0.39, 0.29) is 24.4 Å². The smallest absolute Gasteiger partial charge is 0.361 e. The van der Waals surface area contributed by atoms with Gasteiger partial charge in [-0.15, -0.1) is 0 Å². The van der Waals surface area contributed by atoms with Crippen molar-refractivity contribution in [1.82, 2.24) is 10.5 Å². The number of nitrogens with zero attached hydrogens (tertiary/aromatic N) is 1. The number of aryl methyl sites for hydroxylation is 3. The highest BCUT2D eigenvalue weighted by molar-refractivity contribution is 5.79. The van der Waals surface area contributed by atoms with E-state index in [2.05, 4.69) is 10.5 Å². The number of carbonyl (C=O) groups is 1. The van der Waals surface area contributed by atoms with Crippen molar-refractivity contribution >= 4 is 5.91 Å². The lowest BCUT2D eigenvalue weighted by molar-refractivity contribution is -0.138. The van der Waals surface area contributed by atoms with Crippen molar-refractivity contribution in [3.63, 3.8) is 0 Å².